The number of amides is 1. The molecule has 0 fully saturated rings. The lowest BCUT2D eigenvalue weighted by Crippen LogP contribution is -2.41. The van der Waals surface area contributed by atoms with Crippen LogP contribution in [0.5, 0.6) is 0 Å². The van der Waals surface area contributed by atoms with Crippen molar-refractivity contribution in [3.8, 4) is 0 Å². The van der Waals surface area contributed by atoms with Gasteiger partial charge in [0.05, 0.1) is 6.54 Å². The Morgan fingerprint density at radius 2 is 1.76 bits per heavy atom. The summed E-state index contributed by atoms with van der Waals surface area (Å²) in [6, 6.07) is 0.0657. The summed E-state index contributed by atoms with van der Waals surface area (Å²) in [7, 11) is 0. The van der Waals surface area contributed by atoms with Crippen molar-refractivity contribution in [3.05, 3.63) is 52.6 Å². The fraction of sp³-hybridized carbons (Fsp3) is 0.412. The van der Waals surface area contributed by atoms with Crippen molar-refractivity contribution >= 4 is 5.91 Å². The van der Waals surface area contributed by atoms with Gasteiger partial charge in [-0.3, -0.25) is 4.79 Å². The van der Waals surface area contributed by atoms with E-state index in [4.69, 9.17) is 5.73 Å². The summed E-state index contributed by atoms with van der Waals surface area (Å²) in [6.45, 7) is -0.635. The number of imidazole rings is 1. The largest absolute Gasteiger partial charge is 0.437 e. The molecule has 0 saturated carbocycles. The van der Waals surface area contributed by atoms with Crippen LogP contribution in [0, 0.1) is 23.4 Å². The summed E-state index contributed by atoms with van der Waals surface area (Å²) in [5.74, 6) is -5.96. The molecule has 5 nitrogen and oxygen atoms in total. The third-order valence-electron chi connectivity index (χ3n) is 4.54. The second kappa shape index (κ2) is 7.65. The van der Waals surface area contributed by atoms with Crippen molar-refractivity contribution in [2.45, 2.75) is 38.1 Å². The molecule has 2 heterocycles. The molecule has 0 aliphatic carbocycles. The van der Waals surface area contributed by atoms with Crippen LogP contribution in [-0.2, 0) is 30.5 Å². The number of rotatable bonds is 4. The summed E-state index contributed by atoms with van der Waals surface area (Å²) in [6.07, 6.45) is -5.54. The average molecular weight is 424 g/mol. The highest BCUT2D eigenvalue weighted by molar-refractivity contribution is 5.77. The Labute approximate surface area is 159 Å². The third kappa shape index (κ3) is 4.36. The van der Waals surface area contributed by atoms with Crippen LogP contribution in [0.1, 0.15) is 23.5 Å². The summed E-state index contributed by atoms with van der Waals surface area (Å²) >= 11 is 0. The van der Waals surface area contributed by atoms with E-state index in [2.05, 4.69) is 4.98 Å². The standard InChI is InChI=1S/C17H15F7N4O/c18-10-6-12(20)11(19)4-8(10)3-9(25)5-14(29)27-1-2-28-13(7-27)26-15(16(28)21)17(22,23)24/h4,6,9H,1-3,5,7,25H2/t9-/m1/s1. The molecule has 158 valence electrons. The summed E-state index contributed by atoms with van der Waals surface area (Å²) in [4.78, 5) is 16.8. The zero-order valence-electron chi connectivity index (χ0n) is 14.7. The van der Waals surface area contributed by atoms with Crippen LogP contribution in [0.25, 0.3) is 0 Å². The second-order valence-electron chi connectivity index (χ2n) is 6.66. The highest BCUT2D eigenvalue weighted by atomic mass is 19.4. The molecule has 1 amide bonds. The van der Waals surface area contributed by atoms with Gasteiger partial charge in [-0.2, -0.15) is 17.6 Å². The van der Waals surface area contributed by atoms with E-state index in [1.165, 1.54) is 0 Å². The quantitative estimate of drug-likeness (QED) is 0.607. The van der Waals surface area contributed by atoms with E-state index in [9.17, 15) is 35.5 Å². The maximum atomic E-state index is 13.9. The van der Waals surface area contributed by atoms with Gasteiger partial charge in [0.25, 0.3) is 0 Å². The Kier molecular flexibility index (Phi) is 5.57. The van der Waals surface area contributed by atoms with Crippen LogP contribution in [0.2, 0.25) is 0 Å². The SMILES string of the molecule is N[C@@H](CC(=O)N1CCn2c(nc(C(F)(F)F)c2F)C1)Cc1cc(F)c(F)cc1F. The number of alkyl halides is 3. The van der Waals surface area contributed by atoms with E-state index in [1.807, 2.05) is 0 Å². The molecule has 3 rings (SSSR count). The van der Waals surface area contributed by atoms with Crippen molar-refractivity contribution in [2.24, 2.45) is 5.73 Å². The summed E-state index contributed by atoms with van der Waals surface area (Å²) in [5.41, 5.74) is 3.93. The first-order valence-corrected chi connectivity index (χ1v) is 8.46. The Morgan fingerprint density at radius 3 is 2.41 bits per heavy atom. The van der Waals surface area contributed by atoms with Gasteiger partial charge in [0.15, 0.2) is 17.3 Å². The minimum Gasteiger partial charge on any atom is -0.333 e. The molecular formula is C17H15F7N4O. The lowest BCUT2D eigenvalue weighted by molar-refractivity contribution is -0.143. The van der Waals surface area contributed by atoms with Crippen molar-refractivity contribution in [2.75, 3.05) is 6.54 Å². The van der Waals surface area contributed by atoms with E-state index >= 15 is 0 Å². The molecule has 1 atom stereocenters. The second-order valence-corrected chi connectivity index (χ2v) is 6.66. The van der Waals surface area contributed by atoms with E-state index in [-0.39, 0.29) is 43.9 Å². The normalized spacial score (nSPS) is 15.4. The predicted molar refractivity (Wildman–Crippen MR) is 85.2 cm³/mol. The number of nitrogens with two attached hydrogens (primary N) is 1. The van der Waals surface area contributed by atoms with E-state index in [0.717, 1.165) is 9.47 Å². The molecule has 0 bridgehead atoms. The van der Waals surface area contributed by atoms with Gasteiger partial charge in [-0.1, -0.05) is 0 Å². The van der Waals surface area contributed by atoms with Crippen LogP contribution in [-0.4, -0.2) is 32.9 Å². The molecule has 1 aromatic carbocycles. The average Bonchev–Trinajstić information content (AvgIpc) is 2.96. The van der Waals surface area contributed by atoms with Gasteiger partial charge >= 0.3 is 6.18 Å². The predicted octanol–water partition coefficient (Wildman–Crippen LogP) is 2.76. The van der Waals surface area contributed by atoms with Crippen molar-refractivity contribution in [3.63, 3.8) is 0 Å². The van der Waals surface area contributed by atoms with Crippen molar-refractivity contribution < 1.29 is 35.5 Å². The topological polar surface area (TPSA) is 64.2 Å². The Bertz CT molecular complexity index is 941. The van der Waals surface area contributed by atoms with Gasteiger partial charge in [0.2, 0.25) is 11.9 Å². The molecular weight excluding hydrogens is 409 g/mol. The zero-order chi connectivity index (χ0) is 21.5. The van der Waals surface area contributed by atoms with Gasteiger partial charge in [0.1, 0.15) is 11.6 Å². The fourth-order valence-electron chi connectivity index (χ4n) is 3.12. The molecule has 0 unspecified atom stereocenters. The minimum atomic E-state index is -4.96. The first kappa shape index (κ1) is 21.1. The molecule has 0 spiro atoms. The molecule has 1 aliphatic heterocycles. The number of halogens is 7. The monoisotopic (exact) mass is 424 g/mol. The first-order valence-electron chi connectivity index (χ1n) is 8.46. The molecule has 1 aromatic heterocycles. The van der Waals surface area contributed by atoms with Crippen LogP contribution in [0.4, 0.5) is 30.7 Å². The Morgan fingerprint density at radius 1 is 1.10 bits per heavy atom. The van der Waals surface area contributed by atoms with E-state index in [0.29, 0.717) is 12.1 Å². The smallest absolute Gasteiger partial charge is 0.333 e. The number of nitrogens with zero attached hydrogens (tertiary/aromatic N) is 3. The molecule has 0 saturated heterocycles. The molecule has 2 aromatic rings. The van der Waals surface area contributed by atoms with Crippen molar-refractivity contribution in [1.29, 1.82) is 0 Å². The third-order valence-corrected chi connectivity index (χ3v) is 4.54. The number of fused-ring (bicyclic) bond motifs is 1. The van der Waals surface area contributed by atoms with Gasteiger partial charge in [0, 0.05) is 31.6 Å². The van der Waals surface area contributed by atoms with Gasteiger partial charge in [-0.15, -0.1) is 0 Å². The number of benzene rings is 1. The van der Waals surface area contributed by atoms with Crippen LogP contribution >= 0.6 is 0 Å². The molecule has 0 radical (unpaired) electrons. The lowest BCUT2D eigenvalue weighted by Gasteiger charge is -2.28. The fourth-order valence-corrected chi connectivity index (χ4v) is 3.12. The Balaban J connectivity index is 1.66. The van der Waals surface area contributed by atoms with E-state index in [1.54, 1.807) is 0 Å². The Hall–Kier alpha value is -2.63. The van der Waals surface area contributed by atoms with Crippen LogP contribution < -0.4 is 5.73 Å². The minimum absolute atomic E-state index is 0.0668. The lowest BCUT2D eigenvalue weighted by atomic mass is 10.0. The molecule has 2 N–H and O–H groups in total. The highest BCUT2D eigenvalue weighted by Gasteiger charge is 2.41. The zero-order valence-corrected chi connectivity index (χ0v) is 14.7. The molecule has 29 heavy (non-hydrogen) atoms. The first-order chi connectivity index (χ1) is 13.5. The van der Waals surface area contributed by atoms with E-state index < -0.39 is 47.2 Å². The maximum Gasteiger partial charge on any atom is 0.437 e. The van der Waals surface area contributed by atoms with Crippen LogP contribution in [0.3, 0.4) is 0 Å². The summed E-state index contributed by atoms with van der Waals surface area (Å²) < 4.78 is 92.8. The van der Waals surface area contributed by atoms with Gasteiger partial charge < -0.3 is 15.2 Å². The molecule has 1 aliphatic rings. The summed E-state index contributed by atoms with van der Waals surface area (Å²) in [5, 5.41) is 0. The number of aromatic nitrogens is 2. The maximum absolute atomic E-state index is 13.9. The highest BCUT2D eigenvalue weighted by Crippen LogP contribution is 2.32. The number of carbonyl (C=O) groups is 1. The van der Waals surface area contributed by atoms with Gasteiger partial charge in [-0.25, -0.2) is 18.2 Å². The number of hydrogen-bond acceptors (Lipinski definition) is 3. The number of hydrogen-bond donors (Lipinski definition) is 1. The van der Waals surface area contributed by atoms with Crippen molar-refractivity contribution in [1.82, 2.24) is 14.5 Å². The van der Waals surface area contributed by atoms with Crippen LogP contribution in [0.15, 0.2) is 12.1 Å². The van der Waals surface area contributed by atoms with Gasteiger partial charge in [-0.05, 0) is 18.1 Å². The molecule has 12 heteroatoms. The number of carbonyl (C=O) groups excluding carboxylic acids is 1.